The summed E-state index contributed by atoms with van der Waals surface area (Å²) in [6, 6.07) is 0. The topological polar surface area (TPSA) is 37.3 Å². The van der Waals surface area contributed by atoms with E-state index >= 15 is 0 Å². The molecule has 2 nitrogen and oxygen atoms in total. The van der Waals surface area contributed by atoms with Crippen molar-refractivity contribution in [3.8, 4) is 0 Å². The van der Waals surface area contributed by atoms with Crippen molar-refractivity contribution in [2.75, 3.05) is 0 Å². The third-order valence-corrected chi connectivity index (χ3v) is 0.302. The van der Waals surface area contributed by atoms with Gasteiger partial charge in [0, 0.05) is 6.42 Å². The van der Waals surface area contributed by atoms with Crippen LogP contribution in [-0.4, -0.2) is 94.3 Å². The summed E-state index contributed by atoms with van der Waals surface area (Å²) in [5.74, 6) is -0.745. The maximum atomic E-state index is 9.37. The van der Waals surface area contributed by atoms with Crippen molar-refractivity contribution < 1.29 is 9.90 Å². The molecule has 0 spiro atoms. The predicted molar refractivity (Wildman–Crippen MR) is 35.0 cm³/mol. The fraction of sp³-hybridized carbons (Fsp3) is 0.667. The van der Waals surface area contributed by atoms with E-state index < -0.39 is 5.97 Å². The first kappa shape index (κ1) is 16.1. The van der Waals surface area contributed by atoms with Crippen LogP contribution in [-0.2, 0) is 4.79 Å². The molecule has 0 aliphatic heterocycles. The number of carbonyl (C=O) groups is 1. The predicted octanol–water partition coefficient (Wildman–Crippen LogP) is -1.35. The Labute approximate surface area is 110 Å². The summed E-state index contributed by atoms with van der Waals surface area (Å²) in [5, 5.41) is 7.72. The quantitative estimate of drug-likeness (QED) is 0.538. The Morgan fingerprint density at radius 2 is 1.86 bits per heavy atom. The molecule has 0 heterocycles. The molecular formula is C3H10CaO2Sr. The summed E-state index contributed by atoms with van der Waals surface area (Å²) in [4.78, 5) is 9.37. The Kier molecular flexibility index (Phi) is 25.5. The average molecular weight is 206 g/mol. The molecule has 0 aromatic carbocycles. The van der Waals surface area contributed by atoms with E-state index in [1.165, 1.54) is 0 Å². The molecule has 1 N–H and O–H groups in total. The number of rotatable bonds is 1. The van der Waals surface area contributed by atoms with Crippen LogP contribution in [0.25, 0.3) is 0 Å². The molecule has 4 heteroatoms. The van der Waals surface area contributed by atoms with Crippen LogP contribution < -0.4 is 0 Å². The van der Waals surface area contributed by atoms with Gasteiger partial charge in [0.15, 0.2) is 0 Å². The van der Waals surface area contributed by atoms with Crippen LogP contribution in [0, 0.1) is 0 Å². The Hall–Kier alpha value is 2.21. The van der Waals surface area contributed by atoms with Crippen LogP contribution in [0.15, 0.2) is 0 Å². The van der Waals surface area contributed by atoms with E-state index in [1.807, 2.05) is 0 Å². The summed E-state index contributed by atoms with van der Waals surface area (Å²) >= 11 is 0. The van der Waals surface area contributed by atoms with E-state index in [-0.39, 0.29) is 89.6 Å². The fourth-order valence-corrected chi connectivity index (χ4v) is 0. The van der Waals surface area contributed by atoms with E-state index in [9.17, 15) is 4.79 Å². The van der Waals surface area contributed by atoms with Crippen molar-refractivity contribution in [1.82, 2.24) is 0 Å². The van der Waals surface area contributed by atoms with Gasteiger partial charge >= 0.3 is 89.2 Å². The molecule has 0 saturated carbocycles. The van der Waals surface area contributed by atoms with Gasteiger partial charge in [0.05, 0.1) is 0 Å². The Bertz CT molecular complexity index is 48.2. The van der Waals surface area contributed by atoms with Crippen molar-refractivity contribution in [3.63, 3.8) is 0 Å². The zero-order chi connectivity index (χ0) is 4.28. The number of hydrogen-bond acceptors (Lipinski definition) is 1. The van der Waals surface area contributed by atoms with Gasteiger partial charge < -0.3 is 5.11 Å². The third kappa shape index (κ3) is 17.9. The standard InChI is InChI=1S/C3H6O2.Ca.Sr.4H/c1-2-3(4)5;;;;;;/h2H2,1H3,(H,4,5);;;;;;. The van der Waals surface area contributed by atoms with E-state index in [0.717, 1.165) is 0 Å². The van der Waals surface area contributed by atoms with Gasteiger partial charge in [0.2, 0.25) is 0 Å². The Morgan fingerprint density at radius 1 is 1.71 bits per heavy atom. The van der Waals surface area contributed by atoms with Gasteiger partial charge in [-0.05, 0) is 0 Å². The van der Waals surface area contributed by atoms with E-state index in [4.69, 9.17) is 5.11 Å². The SMILES string of the molecule is CCC(=O)O.[CaH2].[SrH2]. The summed E-state index contributed by atoms with van der Waals surface area (Å²) < 4.78 is 0. The molecule has 0 fully saturated rings. The monoisotopic (exact) mass is 206 g/mol. The van der Waals surface area contributed by atoms with Crippen LogP contribution in [0.3, 0.4) is 0 Å². The first-order valence-corrected chi connectivity index (χ1v) is 1.49. The molecule has 0 unspecified atom stereocenters. The van der Waals surface area contributed by atoms with Crippen LogP contribution in [0.1, 0.15) is 13.3 Å². The van der Waals surface area contributed by atoms with Gasteiger partial charge in [0.1, 0.15) is 0 Å². The number of hydrogen-bond donors (Lipinski definition) is 1. The Balaban J connectivity index is -0.0000000800. The van der Waals surface area contributed by atoms with Crippen LogP contribution in [0.5, 0.6) is 0 Å². The third-order valence-electron chi connectivity index (χ3n) is 0.302. The van der Waals surface area contributed by atoms with Crippen molar-refractivity contribution in [2.24, 2.45) is 0 Å². The average Bonchev–Trinajstić information content (AvgIpc) is 1.38. The molecule has 0 aromatic heterocycles. The molecule has 38 valence electrons. The van der Waals surface area contributed by atoms with E-state index in [2.05, 4.69) is 0 Å². The van der Waals surface area contributed by atoms with Gasteiger partial charge in [-0.1, -0.05) is 6.92 Å². The molecule has 0 atom stereocenters. The van der Waals surface area contributed by atoms with Gasteiger partial charge in [-0.15, -0.1) is 0 Å². The van der Waals surface area contributed by atoms with Crippen LogP contribution in [0.2, 0.25) is 0 Å². The van der Waals surface area contributed by atoms with Crippen molar-refractivity contribution in [1.29, 1.82) is 0 Å². The number of carboxylic acids is 1. The number of carboxylic acid groups (broad SMARTS) is 1. The zero-order valence-corrected chi connectivity index (χ0v) is 3.06. The Morgan fingerprint density at radius 3 is 1.86 bits per heavy atom. The molecule has 0 rings (SSSR count). The summed E-state index contributed by atoms with van der Waals surface area (Å²) in [6.07, 6.45) is 0.222. The van der Waals surface area contributed by atoms with Crippen molar-refractivity contribution in [3.05, 3.63) is 0 Å². The summed E-state index contributed by atoms with van der Waals surface area (Å²) in [6.45, 7) is 1.60. The summed E-state index contributed by atoms with van der Waals surface area (Å²) in [5.41, 5.74) is 0. The second kappa shape index (κ2) is 11.1. The molecular weight excluding hydrogens is 196 g/mol. The normalized spacial score (nSPS) is 5.29. The second-order valence-electron chi connectivity index (χ2n) is 0.747. The van der Waals surface area contributed by atoms with Crippen molar-refractivity contribution >= 4 is 89.2 Å². The fourth-order valence-electron chi connectivity index (χ4n) is 0. The first-order valence-electron chi connectivity index (χ1n) is 1.49. The van der Waals surface area contributed by atoms with Gasteiger partial charge in [-0.25, -0.2) is 0 Å². The van der Waals surface area contributed by atoms with Gasteiger partial charge in [0.25, 0.3) is 0 Å². The molecule has 0 radical (unpaired) electrons. The van der Waals surface area contributed by atoms with E-state index in [1.54, 1.807) is 6.92 Å². The molecule has 0 aliphatic carbocycles. The molecule has 0 bridgehead atoms. The van der Waals surface area contributed by atoms with Crippen LogP contribution in [0.4, 0.5) is 0 Å². The van der Waals surface area contributed by atoms with E-state index in [0.29, 0.717) is 0 Å². The summed E-state index contributed by atoms with van der Waals surface area (Å²) in [7, 11) is 0. The second-order valence-corrected chi connectivity index (χ2v) is 0.747. The zero-order valence-electron chi connectivity index (χ0n) is 3.06. The molecule has 0 saturated heterocycles. The van der Waals surface area contributed by atoms with Gasteiger partial charge in [-0.3, -0.25) is 4.79 Å². The molecule has 0 aromatic rings. The minimum atomic E-state index is -0.745. The molecule has 0 aliphatic rings. The first-order chi connectivity index (χ1) is 2.27. The maximum absolute atomic E-state index is 9.37. The minimum absolute atomic E-state index is 0. The number of aliphatic carboxylic acids is 1. The van der Waals surface area contributed by atoms with Crippen molar-refractivity contribution in [2.45, 2.75) is 13.3 Å². The molecule has 7 heavy (non-hydrogen) atoms. The molecule has 0 amide bonds. The van der Waals surface area contributed by atoms with Crippen LogP contribution >= 0.6 is 0 Å². The van der Waals surface area contributed by atoms with Gasteiger partial charge in [-0.2, -0.15) is 0 Å².